The van der Waals surface area contributed by atoms with Crippen LogP contribution in [-0.4, -0.2) is 31.4 Å². The van der Waals surface area contributed by atoms with Crippen molar-refractivity contribution in [3.05, 3.63) is 0 Å². The molecule has 2 N–H and O–H groups in total. The summed E-state index contributed by atoms with van der Waals surface area (Å²) in [5, 5.41) is 8.93. The number of aliphatic hydroxyl groups excluding tert-OH is 1. The standard InChI is InChI=1S/C8H17NO3S/c1-7(2)5-13(11,12)9-8(6-10)3-4-8/h7,9-10H,3-6H2,1-2H3. The van der Waals surface area contributed by atoms with Gasteiger partial charge < -0.3 is 5.11 Å². The van der Waals surface area contributed by atoms with Gasteiger partial charge in [0, 0.05) is 0 Å². The second-order valence-electron chi connectivity index (χ2n) is 4.22. The third kappa shape index (κ3) is 3.25. The molecule has 78 valence electrons. The van der Waals surface area contributed by atoms with Crippen LogP contribution in [0.3, 0.4) is 0 Å². The largest absolute Gasteiger partial charge is 0.394 e. The van der Waals surface area contributed by atoms with E-state index in [2.05, 4.69) is 4.72 Å². The molecule has 0 aromatic carbocycles. The Morgan fingerprint density at radius 3 is 2.31 bits per heavy atom. The summed E-state index contributed by atoms with van der Waals surface area (Å²) in [5.74, 6) is 0.251. The first-order valence-electron chi connectivity index (χ1n) is 4.52. The molecular formula is C8H17NO3S. The van der Waals surface area contributed by atoms with Crippen LogP contribution in [-0.2, 0) is 10.0 Å². The Balaban J connectivity index is 2.52. The van der Waals surface area contributed by atoms with Crippen molar-refractivity contribution in [3.8, 4) is 0 Å². The van der Waals surface area contributed by atoms with Crippen LogP contribution in [0.1, 0.15) is 26.7 Å². The molecule has 0 unspecified atom stereocenters. The lowest BCUT2D eigenvalue weighted by atomic mass is 10.3. The van der Waals surface area contributed by atoms with Gasteiger partial charge in [-0.3, -0.25) is 0 Å². The molecule has 1 saturated carbocycles. The lowest BCUT2D eigenvalue weighted by Gasteiger charge is -2.15. The van der Waals surface area contributed by atoms with E-state index in [-0.39, 0.29) is 18.3 Å². The van der Waals surface area contributed by atoms with Gasteiger partial charge in [0.2, 0.25) is 10.0 Å². The van der Waals surface area contributed by atoms with Crippen LogP contribution >= 0.6 is 0 Å². The normalized spacial score (nSPS) is 20.6. The fourth-order valence-electron chi connectivity index (χ4n) is 1.25. The zero-order chi connectivity index (χ0) is 10.1. The van der Waals surface area contributed by atoms with Gasteiger partial charge in [0.25, 0.3) is 0 Å². The van der Waals surface area contributed by atoms with E-state index < -0.39 is 15.6 Å². The molecule has 0 aliphatic heterocycles. The molecule has 0 aromatic rings. The molecule has 0 spiro atoms. The van der Waals surface area contributed by atoms with Gasteiger partial charge in [-0.15, -0.1) is 0 Å². The highest BCUT2D eigenvalue weighted by atomic mass is 32.2. The van der Waals surface area contributed by atoms with E-state index >= 15 is 0 Å². The van der Waals surface area contributed by atoms with Gasteiger partial charge in [0.15, 0.2) is 0 Å². The molecule has 0 radical (unpaired) electrons. The Kier molecular flexibility index (Phi) is 2.99. The van der Waals surface area contributed by atoms with E-state index in [4.69, 9.17) is 5.11 Å². The summed E-state index contributed by atoms with van der Waals surface area (Å²) in [6, 6.07) is 0. The Morgan fingerprint density at radius 1 is 1.46 bits per heavy atom. The highest BCUT2D eigenvalue weighted by Crippen LogP contribution is 2.35. The predicted octanol–water partition coefficient (Wildman–Crippen LogP) is 0.0867. The number of rotatable bonds is 5. The van der Waals surface area contributed by atoms with E-state index in [1.807, 2.05) is 13.8 Å². The van der Waals surface area contributed by atoms with Crippen LogP contribution in [0, 0.1) is 5.92 Å². The second kappa shape index (κ2) is 3.55. The molecule has 0 atom stereocenters. The van der Waals surface area contributed by atoms with Gasteiger partial charge in [0.1, 0.15) is 0 Å². The van der Waals surface area contributed by atoms with E-state index in [1.165, 1.54) is 0 Å². The van der Waals surface area contributed by atoms with Crippen molar-refractivity contribution in [1.29, 1.82) is 0 Å². The van der Waals surface area contributed by atoms with Gasteiger partial charge in [-0.1, -0.05) is 13.8 Å². The van der Waals surface area contributed by atoms with E-state index in [0.717, 1.165) is 12.8 Å². The average Bonchev–Trinajstić information content (AvgIpc) is 2.65. The Hall–Kier alpha value is -0.130. The number of sulfonamides is 1. The molecule has 0 aromatic heterocycles. The van der Waals surface area contributed by atoms with Crippen molar-refractivity contribution in [2.75, 3.05) is 12.4 Å². The summed E-state index contributed by atoms with van der Waals surface area (Å²) in [6.45, 7) is 3.62. The minimum atomic E-state index is -3.20. The maximum Gasteiger partial charge on any atom is 0.212 e. The van der Waals surface area contributed by atoms with Crippen molar-refractivity contribution in [2.24, 2.45) is 5.92 Å². The number of nitrogens with one attached hydrogen (secondary N) is 1. The molecule has 0 saturated heterocycles. The van der Waals surface area contributed by atoms with Crippen molar-refractivity contribution in [2.45, 2.75) is 32.2 Å². The topological polar surface area (TPSA) is 66.4 Å². The zero-order valence-electron chi connectivity index (χ0n) is 8.08. The third-order valence-electron chi connectivity index (χ3n) is 2.08. The molecule has 1 aliphatic rings. The van der Waals surface area contributed by atoms with Crippen LogP contribution in [0.2, 0.25) is 0 Å². The molecule has 5 heteroatoms. The van der Waals surface area contributed by atoms with Crippen LogP contribution in [0.5, 0.6) is 0 Å². The number of hydrogen-bond donors (Lipinski definition) is 2. The molecule has 1 rings (SSSR count). The van der Waals surface area contributed by atoms with Gasteiger partial charge in [0.05, 0.1) is 17.9 Å². The minimum Gasteiger partial charge on any atom is -0.394 e. The Bertz CT molecular complexity index is 267. The van der Waals surface area contributed by atoms with Gasteiger partial charge in [-0.2, -0.15) is 0 Å². The fourth-order valence-corrected chi connectivity index (χ4v) is 3.14. The SMILES string of the molecule is CC(C)CS(=O)(=O)NC1(CO)CC1. The lowest BCUT2D eigenvalue weighted by molar-refractivity contribution is 0.246. The monoisotopic (exact) mass is 207 g/mol. The molecule has 1 aliphatic carbocycles. The molecule has 4 nitrogen and oxygen atoms in total. The first kappa shape index (κ1) is 10.9. The minimum absolute atomic E-state index is 0.0929. The van der Waals surface area contributed by atoms with Crippen molar-refractivity contribution in [3.63, 3.8) is 0 Å². The highest BCUT2D eigenvalue weighted by molar-refractivity contribution is 7.89. The predicted molar refractivity (Wildman–Crippen MR) is 50.8 cm³/mol. The van der Waals surface area contributed by atoms with Crippen molar-refractivity contribution >= 4 is 10.0 Å². The van der Waals surface area contributed by atoms with E-state index in [1.54, 1.807) is 0 Å². The molecule has 1 fully saturated rings. The maximum atomic E-state index is 11.4. The highest BCUT2D eigenvalue weighted by Gasteiger charge is 2.45. The average molecular weight is 207 g/mol. The smallest absolute Gasteiger partial charge is 0.212 e. The van der Waals surface area contributed by atoms with Gasteiger partial charge >= 0.3 is 0 Å². The van der Waals surface area contributed by atoms with Crippen LogP contribution in [0.4, 0.5) is 0 Å². The maximum absolute atomic E-state index is 11.4. The van der Waals surface area contributed by atoms with E-state index in [9.17, 15) is 8.42 Å². The first-order chi connectivity index (χ1) is 5.89. The zero-order valence-corrected chi connectivity index (χ0v) is 8.89. The third-order valence-corrected chi connectivity index (χ3v) is 3.93. The lowest BCUT2D eigenvalue weighted by Crippen LogP contribution is -2.41. The summed E-state index contributed by atoms with van der Waals surface area (Å²) in [4.78, 5) is 0. The Labute approximate surface area is 79.4 Å². The number of hydrogen-bond acceptors (Lipinski definition) is 3. The summed E-state index contributed by atoms with van der Waals surface area (Å²) >= 11 is 0. The molecule has 13 heavy (non-hydrogen) atoms. The van der Waals surface area contributed by atoms with Crippen molar-refractivity contribution in [1.82, 2.24) is 4.72 Å². The molecular weight excluding hydrogens is 190 g/mol. The quantitative estimate of drug-likeness (QED) is 0.671. The summed E-state index contributed by atoms with van der Waals surface area (Å²) in [5.41, 5.74) is -0.520. The molecule has 0 bridgehead atoms. The van der Waals surface area contributed by atoms with Crippen LogP contribution < -0.4 is 4.72 Å². The van der Waals surface area contributed by atoms with Crippen LogP contribution in [0.25, 0.3) is 0 Å². The molecule has 0 amide bonds. The number of aliphatic hydroxyl groups is 1. The van der Waals surface area contributed by atoms with Crippen LogP contribution in [0.15, 0.2) is 0 Å². The second-order valence-corrected chi connectivity index (χ2v) is 5.98. The van der Waals surface area contributed by atoms with E-state index in [0.29, 0.717) is 0 Å². The van der Waals surface area contributed by atoms with Gasteiger partial charge in [-0.05, 0) is 18.8 Å². The molecule has 0 heterocycles. The van der Waals surface area contributed by atoms with Crippen molar-refractivity contribution < 1.29 is 13.5 Å². The summed E-state index contributed by atoms with van der Waals surface area (Å²) in [7, 11) is -3.20. The Morgan fingerprint density at radius 2 is 2.00 bits per heavy atom. The summed E-state index contributed by atoms with van der Waals surface area (Å²) < 4.78 is 25.4. The fraction of sp³-hybridized carbons (Fsp3) is 1.00. The summed E-state index contributed by atoms with van der Waals surface area (Å²) in [6.07, 6.45) is 1.50. The van der Waals surface area contributed by atoms with Gasteiger partial charge in [-0.25, -0.2) is 13.1 Å². The first-order valence-corrected chi connectivity index (χ1v) is 6.17.